The van der Waals surface area contributed by atoms with Crippen LogP contribution < -0.4 is 5.32 Å². The lowest BCUT2D eigenvalue weighted by Gasteiger charge is -2.16. The molecule has 0 aliphatic carbocycles. The molecule has 0 aliphatic rings. The molecular weight excluding hydrogens is 326 g/mol. The quantitative estimate of drug-likeness (QED) is 0.882. The van der Waals surface area contributed by atoms with Gasteiger partial charge in [-0.3, -0.25) is 4.68 Å². The molecule has 1 unspecified atom stereocenters. The molecule has 3 nitrogen and oxygen atoms in total. The first-order chi connectivity index (χ1) is 9.01. The Morgan fingerprint density at radius 3 is 2.84 bits per heavy atom. The van der Waals surface area contributed by atoms with Gasteiger partial charge in [-0.15, -0.1) is 0 Å². The summed E-state index contributed by atoms with van der Waals surface area (Å²) in [7, 11) is 1.93. The van der Waals surface area contributed by atoms with E-state index in [1.165, 1.54) is 0 Å². The summed E-state index contributed by atoms with van der Waals surface area (Å²) in [4.78, 5) is 0. The molecule has 0 bridgehead atoms. The number of rotatable bonds is 4. The van der Waals surface area contributed by atoms with Crippen LogP contribution in [0.15, 0.2) is 28.9 Å². The largest absolute Gasteiger partial charge is 0.376 e. The highest BCUT2D eigenvalue weighted by Gasteiger charge is 2.13. The second-order valence-electron chi connectivity index (χ2n) is 4.55. The summed E-state index contributed by atoms with van der Waals surface area (Å²) >= 11 is 9.70. The average Bonchev–Trinajstić information content (AvgIpc) is 2.69. The summed E-state index contributed by atoms with van der Waals surface area (Å²) in [5.74, 6) is 0. The predicted octanol–water partition coefficient (Wildman–Crippen LogP) is 4.57. The molecule has 19 heavy (non-hydrogen) atoms. The van der Waals surface area contributed by atoms with Crippen molar-refractivity contribution in [3.63, 3.8) is 0 Å². The fourth-order valence-electron chi connectivity index (χ4n) is 2.08. The van der Waals surface area contributed by atoms with Gasteiger partial charge in [-0.25, -0.2) is 0 Å². The molecule has 0 amide bonds. The first kappa shape index (κ1) is 14.4. The number of aromatic nitrogens is 2. The van der Waals surface area contributed by atoms with Crippen LogP contribution in [0.3, 0.4) is 0 Å². The van der Waals surface area contributed by atoms with Gasteiger partial charge in [0.05, 0.1) is 17.4 Å². The zero-order valence-corrected chi connectivity index (χ0v) is 13.6. The highest BCUT2D eigenvalue weighted by Crippen LogP contribution is 2.29. The lowest BCUT2D eigenvalue weighted by Crippen LogP contribution is -2.08. The van der Waals surface area contributed by atoms with E-state index in [2.05, 4.69) is 40.2 Å². The molecule has 5 heteroatoms. The molecule has 0 spiro atoms. The lowest BCUT2D eigenvalue weighted by atomic mass is 10.1. The molecule has 0 saturated heterocycles. The Kier molecular flexibility index (Phi) is 4.53. The van der Waals surface area contributed by atoms with Crippen LogP contribution in [-0.2, 0) is 13.5 Å². The molecule has 0 fully saturated rings. The fourth-order valence-corrected chi connectivity index (χ4v) is 2.92. The smallest absolute Gasteiger partial charge is 0.0853 e. The number of anilines is 1. The van der Waals surface area contributed by atoms with Crippen LogP contribution in [0.25, 0.3) is 0 Å². The van der Waals surface area contributed by atoms with Crippen molar-refractivity contribution in [2.45, 2.75) is 26.3 Å². The number of halogens is 2. The number of hydrogen-bond donors (Lipinski definition) is 1. The first-order valence-electron chi connectivity index (χ1n) is 6.25. The summed E-state index contributed by atoms with van der Waals surface area (Å²) in [6.07, 6.45) is 2.91. The van der Waals surface area contributed by atoms with Crippen molar-refractivity contribution in [1.82, 2.24) is 9.78 Å². The van der Waals surface area contributed by atoms with Gasteiger partial charge < -0.3 is 5.32 Å². The Balaban J connectivity index is 2.22. The molecule has 1 aromatic carbocycles. The van der Waals surface area contributed by atoms with Gasteiger partial charge in [0.15, 0.2) is 0 Å². The number of aryl methyl sites for hydroxylation is 2. The molecule has 1 N–H and O–H groups in total. The van der Waals surface area contributed by atoms with E-state index in [0.717, 1.165) is 32.9 Å². The van der Waals surface area contributed by atoms with Crippen LogP contribution in [0.2, 0.25) is 5.02 Å². The van der Waals surface area contributed by atoms with Crippen LogP contribution in [0.4, 0.5) is 5.69 Å². The van der Waals surface area contributed by atoms with Crippen molar-refractivity contribution in [2.75, 3.05) is 5.32 Å². The van der Waals surface area contributed by atoms with Crippen molar-refractivity contribution in [3.8, 4) is 0 Å². The second-order valence-corrected chi connectivity index (χ2v) is 5.87. The molecule has 0 aliphatic heterocycles. The van der Waals surface area contributed by atoms with Crippen molar-refractivity contribution < 1.29 is 0 Å². The van der Waals surface area contributed by atoms with Gasteiger partial charge in [-0.05, 0) is 31.0 Å². The molecule has 2 rings (SSSR count). The van der Waals surface area contributed by atoms with E-state index in [-0.39, 0.29) is 6.04 Å². The highest BCUT2D eigenvalue weighted by molar-refractivity contribution is 9.10. The third-order valence-electron chi connectivity index (χ3n) is 3.04. The van der Waals surface area contributed by atoms with E-state index >= 15 is 0 Å². The van der Waals surface area contributed by atoms with Crippen molar-refractivity contribution in [1.29, 1.82) is 0 Å². The molecule has 1 atom stereocenters. The fraction of sp³-hybridized carbons (Fsp3) is 0.357. The normalized spacial score (nSPS) is 12.5. The first-order valence-corrected chi connectivity index (χ1v) is 7.42. The lowest BCUT2D eigenvalue weighted by molar-refractivity contribution is 0.746. The van der Waals surface area contributed by atoms with E-state index in [9.17, 15) is 0 Å². The summed E-state index contributed by atoms with van der Waals surface area (Å²) in [6, 6.07) is 6.09. The SMILES string of the molecule is CCc1nn(C)cc1NC(C)c1ccc(Br)cc1Cl. The van der Waals surface area contributed by atoms with Crippen molar-refractivity contribution >= 4 is 33.2 Å². The van der Waals surface area contributed by atoms with Crippen LogP contribution >= 0.6 is 27.5 Å². The molecule has 2 aromatic rings. The van der Waals surface area contributed by atoms with Gasteiger partial charge >= 0.3 is 0 Å². The minimum atomic E-state index is 0.134. The zero-order valence-electron chi connectivity index (χ0n) is 11.2. The molecule has 0 radical (unpaired) electrons. The van der Waals surface area contributed by atoms with Crippen LogP contribution in [-0.4, -0.2) is 9.78 Å². The monoisotopic (exact) mass is 341 g/mol. The van der Waals surface area contributed by atoms with Gasteiger partial charge in [0.1, 0.15) is 0 Å². The summed E-state index contributed by atoms with van der Waals surface area (Å²) in [6.45, 7) is 4.20. The van der Waals surface area contributed by atoms with Crippen LogP contribution in [0.1, 0.15) is 31.1 Å². The topological polar surface area (TPSA) is 29.9 Å². The van der Waals surface area contributed by atoms with E-state index < -0.39 is 0 Å². The van der Waals surface area contributed by atoms with Crippen molar-refractivity contribution in [2.24, 2.45) is 7.05 Å². The van der Waals surface area contributed by atoms with Crippen LogP contribution in [0, 0.1) is 0 Å². The molecule has 1 aromatic heterocycles. The standard InChI is InChI=1S/C14H17BrClN3/c1-4-13-14(8-19(3)18-13)17-9(2)11-6-5-10(15)7-12(11)16/h5-9,17H,4H2,1-3H3. The number of nitrogens with one attached hydrogen (secondary N) is 1. The Morgan fingerprint density at radius 2 is 2.21 bits per heavy atom. The van der Waals surface area contributed by atoms with Gasteiger partial charge in [-0.2, -0.15) is 5.10 Å². The van der Waals surface area contributed by atoms with E-state index in [1.54, 1.807) is 0 Å². The number of benzene rings is 1. The second kappa shape index (κ2) is 5.97. The molecule has 0 saturated carbocycles. The van der Waals surface area contributed by atoms with E-state index in [1.807, 2.05) is 36.1 Å². The predicted molar refractivity (Wildman–Crippen MR) is 83.8 cm³/mol. The Morgan fingerprint density at radius 1 is 1.47 bits per heavy atom. The molecule has 1 heterocycles. The minimum absolute atomic E-state index is 0.134. The maximum absolute atomic E-state index is 6.28. The maximum atomic E-state index is 6.28. The summed E-state index contributed by atoms with van der Waals surface area (Å²) in [5, 5.41) is 8.66. The van der Waals surface area contributed by atoms with Crippen molar-refractivity contribution in [3.05, 3.63) is 45.1 Å². The minimum Gasteiger partial charge on any atom is -0.376 e. The number of hydrogen-bond acceptors (Lipinski definition) is 2. The molecular formula is C14H17BrClN3. The summed E-state index contributed by atoms with van der Waals surface area (Å²) < 4.78 is 2.82. The van der Waals surface area contributed by atoms with Gasteiger partial charge in [0, 0.05) is 22.7 Å². The Hall–Kier alpha value is -1.000. The Bertz CT molecular complexity index is 580. The molecule has 102 valence electrons. The maximum Gasteiger partial charge on any atom is 0.0853 e. The van der Waals surface area contributed by atoms with E-state index in [4.69, 9.17) is 11.6 Å². The van der Waals surface area contributed by atoms with Gasteiger partial charge in [0.25, 0.3) is 0 Å². The summed E-state index contributed by atoms with van der Waals surface area (Å²) in [5.41, 5.74) is 3.22. The zero-order chi connectivity index (χ0) is 14.0. The average molecular weight is 343 g/mol. The Labute approximate surface area is 127 Å². The van der Waals surface area contributed by atoms with E-state index in [0.29, 0.717) is 0 Å². The van der Waals surface area contributed by atoms with Gasteiger partial charge in [0.2, 0.25) is 0 Å². The van der Waals surface area contributed by atoms with Crippen LogP contribution in [0.5, 0.6) is 0 Å². The highest BCUT2D eigenvalue weighted by atomic mass is 79.9. The van der Waals surface area contributed by atoms with Gasteiger partial charge in [-0.1, -0.05) is 40.5 Å². The third-order valence-corrected chi connectivity index (χ3v) is 3.86. The third kappa shape index (κ3) is 3.31. The number of nitrogens with zero attached hydrogens (tertiary/aromatic N) is 2.